The molecule has 0 aliphatic heterocycles. The Morgan fingerprint density at radius 2 is 0.793 bits per heavy atom. The highest BCUT2D eigenvalue weighted by Crippen LogP contribution is 2.65. The Bertz CT molecular complexity index is 5030. The van der Waals surface area contributed by atoms with E-state index in [0.29, 0.717) is 0 Å². The molecule has 1 unspecified atom stereocenters. The first-order valence-corrected chi connectivity index (χ1v) is 28.3. The molecule has 0 N–H and O–H groups in total. The lowest BCUT2D eigenvalue weighted by Crippen LogP contribution is -2.25. The minimum absolute atomic E-state index is 0.539. The van der Waals surface area contributed by atoms with Crippen LogP contribution in [0.2, 0.25) is 0 Å². The van der Waals surface area contributed by atoms with Crippen LogP contribution in [-0.4, -0.2) is 4.57 Å². The monoisotopic (exact) mass is 1040 g/mol. The molecule has 0 amide bonds. The van der Waals surface area contributed by atoms with Crippen molar-refractivity contribution in [3.8, 4) is 72.4 Å². The Morgan fingerprint density at radius 1 is 0.293 bits per heavy atom. The van der Waals surface area contributed by atoms with E-state index in [-0.39, 0.29) is 0 Å². The van der Waals surface area contributed by atoms with Gasteiger partial charge in [0.05, 0.1) is 33.2 Å². The molecule has 0 saturated heterocycles. The van der Waals surface area contributed by atoms with Crippen molar-refractivity contribution < 1.29 is 4.42 Å². The van der Waals surface area contributed by atoms with Crippen LogP contribution in [0.5, 0.6) is 0 Å². The van der Waals surface area contributed by atoms with E-state index in [2.05, 4.69) is 313 Å². The lowest BCUT2D eigenvalue weighted by Gasteiger charge is -2.31. The molecule has 0 saturated carbocycles. The number of hydrogen-bond donors (Lipinski definition) is 0. The van der Waals surface area contributed by atoms with Gasteiger partial charge in [-0.05, 0) is 156 Å². The van der Waals surface area contributed by atoms with Gasteiger partial charge in [0.15, 0.2) is 0 Å². The van der Waals surface area contributed by atoms with Gasteiger partial charge in [0, 0.05) is 33.1 Å². The highest BCUT2D eigenvalue weighted by atomic mass is 16.3. The highest BCUT2D eigenvalue weighted by Gasteiger charge is 2.52. The molecular weight excluding hydrogens is 993 g/mol. The third-order valence-electron chi connectivity index (χ3n) is 17.6. The molecule has 2 aliphatic carbocycles. The van der Waals surface area contributed by atoms with E-state index in [0.717, 1.165) is 66.9 Å². The summed E-state index contributed by atoms with van der Waals surface area (Å²) in [4.78, 5) is 2.47. The van der Waals surface area contributed by atoms with Gasteiger partial charge in [-0.15, -0.1) is 0 Å². The zero-order valence-corrected chi connectivity index (χ0v) is 44.7. The molecule has 3 nitrogen and oxygen atoms in total. The molecule has 13 aromatic carbocycles. The zero-order chi connectivity index (χ0) is 53.9. The standard InChI is InChI=1S/C79H50N2O/c1-4-21-51(22-5-1)52-41-45-57(46-42-52)81(73-39-20-40-75-78(73)65-50-55(44-48-74(65)82-75)54-43-47-72-64(49-54)60-28-13-17-38-71(60)80(72)56-25-8-3-9-26-56)70-37-16-12-27-59(70)61-32-19-36-69-77(61)63-30-11-15-34-67(63)79(69)66-33-14-10-29-62(66)76-58(31-18-35-68(76)79)53-23-6-2-7-24-53/h1-50H. The molecule has 382 valence electrons. The van der Waals surface area contributed by atoms with Crippen molar-refractivity contribution in [2.75, 3.05) is 4.90 Å². The number of aromatic nitrogens is 1. The van der Waals surface area contributed by atoms with Crippen molar-refractivity contribution >= 4 is 60.8 Å². The third-order valence-corrected chi connectivity index (χ3v) is 17.6. The molecule has 2 aromatic heterocycles. The van der Waals surface area contributed by atoms with Crippen molar-refractivity contribution in [2.24, 2.45) is 0 Å². The van der Waals surface area contributed by atoms with Crippen molar-refractivity contribution in [3.63, 3.8) is 0 Å². The van der Waals surface area contributed by atoms with Crippen molar-refractivity contribution in [1.82, 2.24) is 4.57 Å². The van der Waals surface area contributed by atoms with E-state index >= 15 is 0 Å². The van der Waals surface area contributed by atoms with Crippen LogP contribution in [0.4, 0.5) is 17.1 Å². The summed E-state index contributed by atoms with van der Waals surface area (Å²) in [5.41, 5.74) is 27.6. The van der Waals surface area contributed by atoms with E-state index in [9.17, 15) is 0 Å². The molecule has 1 spiro atoms. The van der Waals surface area contributed by atoms with Crippen LogP contribution in [0.3, 0.4) is 0 Å². The fourth-order valence-electron chi connectivity index (χ4n) is 14.2. The second-order valence-corrected chi connectivity index (χ2v) is 21.8. The lowest BCUT2D eigenvalue weighted by molar-refractivity contribution is 0.669. The summed E-state index contributed by atoms with van der Waals surface area (Å²) in [5.74, 6) is 0. The third kappa shape index (κ3) is 6.71. The summed E-state index contributed by atoms with van der Waals surface area (Å²) in [6, 6.07) is 112. The number of benzene rings is 13. The molecule has 17 rings (SSSR count). The largest absolute Gasteiger partial charge is 0.456 e. The fourth-order valence-corrected chi connectivity index (χ4v) is 14.2. The summed E-state index contributed by atoms with van der Waals surface area (Å²) in [6.45, 7) is 0. The Hall–Kier alpha value is -10.7. The number of para-hydroxylation sites is 3. The van der Waals surface area contributed by atoms with E-state index in [1.165, 1.54) is 88.6 Å². The van der Waals surface area contributed by atoms with Crippen LogP contribution >= 0.6 is 0 Å². The van der Waals surface area contributed by atoms with E-state index in [1.54, 1.807) is 0 Å². The maximum absolute atomic E-state index is 6.89. The molecule has 82 heavy (non-hydrogen) atoms. The van der Waals surface area contributed by atoms with Crippen LogP contribution in [0.25, 0.3) is 116 Å². The predicted octanol–water partition coefficient (Wildman–Crippen LogP) is 21.2. The first kappa shape index (κ1) is 46.2. The normalized spacial score (nSPS) is 13.9. The van der Waals surface area contributed by atoms with E-state index < -0.39 is 5.41 Å². The smallest absolute Gasteiger partial charge is 0.137 e. The summed E-state index contributed by atoms with van der Waals surface area (Å²) >= 11 is 0. The van der Waals surface area contributed by atoms with Crippen LogP contribution in [0.1, 0.15) is 22.3 Å². The van der Waals surface area contributed by atoms with Crippen molar-refractivity contribution in [1.29, 1.82) is 0 Å². The summed E-state index contributed by atoms with van der Waals surface area (Å²) in [5, 5.41) is 4.56. The molecule has 2 aliphatic rings. The summed E-state index contributed by atoms with van der Waals surface area (Å²) in [7, 11) is 0. The molecule has 0 radical (unpaired) electrons. The quantitative estimate of drug-likeness (QED) is 0.151. The molecule has 15 aromatic rings. The van der Waals surface area contributed by atoms with Gasteiger partial charge >= 0.3 is 0 Å². The van der Waals surface area contributed by atoms with Gasteiger partial charge in [-0.1, -0.05) is 231 Å². The first-order valence-electron chi connectivity index (χ1n) is 28.3. The van der Waals surface area contributed by atoms with Gasteiger partial charge < -0.3 is 13.9 Å². The van der Waals surface area contributed by atoms with E-state index in [4.69, 9.17) is 4.42 Å². The van der Waals surface area contributed by atoms with Gasteiger partial charge in [-0.25, -0.2) is 0 Å². The highest BCUT2D eigenvalue weighted by molar-refractivity contribution is 6.16. The maximum Gasteiger partial charge on any atom is 0.137 e. The molecule has 2 heterocycles. The SMILES string of the molecule is c1ccc(-c2ccc(N(c3ccccc3-c3cccc4c3-c3ccccc3C43c4ccccc4-c4c(-c5ccccc5)cccc43)c3cccc4oc5ccc(-c6ccc7c(c6)c6ccccc6n7-c6ccccc6)cc5c34)cc2)cc1. The summed E-state index contributed by atoms with van der Waals surface area (Å²) in [6.07, 6.45) is 0. The number of rotatable bonds is 8. The Kier molecular flexibility index (Phi) is 10.2. The lowest BCUT2D eigenvalue weighted by atomic mass is 9.70. The predicted molar refractivity (Wildman–Crippen MR) is 341 cm³/mol. The Morgan fingerprint density at radius 3 is 1.52 bits per heavy atom. The van der Waals surface area contributed by atoms with Crippen LogP contribution in [-0.2, 0) is 5.41 Å². The Balaban J connectivity index is 0.878. The van der Waals surface area contributed by atoms with Crippen molar-refractivity contribution in [3.05, 3.63) is 326 Å². The molecule has 0 fully saturated rings. The second kappa shape index (κ2) is 18.2. The van der Waals surface area contributed by atoms with Crippen LogP contribution in [0.15, 0.2) is 308 Å². The van der Waals surface area contributed by atoms with Gasteiger partial charge in [0.1, 0.15) is 11.2 Å². The van der Waals surface area contributed by atoms with Gasteiger partial charge in [-0.2, -0.15) is 0 Å². The van der Waals surface area contributed by atoms with Crippen molar-refractivity contribution in [2.45, 2.75) is 5.41 Å². The maximum atomic E-state index is 6.89. The molecule has 3 heteroatoms. The second-order valence-electron chi connectivity index (χ2n) is 21.8. The van der Waals surface area contributed by atoms with Crippen LogP contribution in [0, 0.1) is 0 Å². The number of furan rings is 1. The number of fused-ring (bicyclic) bond motifs is 16. The number of nitrogens with zero attached hydrogens (tertiary/aromatic N) is 2. The first-order chi connectivity index (χ1) is 40.7. The zero-order valence-electron chi connectivity index (χ0n) is 44.7. The topological polar surface area (TPSA) is 21.3 Å². The number of anilines is 3. The van der Waals surface area contributed by atoms with Gasteiger partial charge in [-0.3, -0.25) is 0 Å². The fraction of sp³-hybridized carbons (Fsp3) is 0.0127. The minimum Gasteiger partial charge on any atom is -0.456 e. The van der Waals surface area contributed by atoms with E-state index in [1.807, 2.05) is 0 Å². The summed E-state index contributed by atoms with van der Waals surface area (Å²) < 4.78 is 9.27. The molecule has 1 atom stereocenters. The molecular formula is C79H50N2O. The van der Waals surface area contributed by atoms with Crippen LogP contribution < -0.4 is 4.90 Å². The van der Waals surface area contributed by atoms with Gasteiger partial charge in [0.25, 0.3) is 0 Å². The average molecular weight is 1040 g/mol. The molecule has 0 bridgehead atoms. The Labute approximate surface area is 475 Å². The minimum atomic E-state index is -0.539. The average Bonchev–Trinajstić information content (AvgIpc) is 4.04. The number of hydrogen-bond acceptors (Lipinski definition) is 2. The van der Waals surface area contributed by atoms with Gasteiger partial charge in [0.2, 0.25) is 0 Å².